The highest BCUT2D eigenvalue weighted by molar-refractivity contribution is 5.96. The van der Waals surface area contributed by atoms with E-state index in [-0.39, 0.29) is 11.8 Å². The van der Waals surface area contributed by atoms with Gasteiger partial charge in [-0.25, -0.2) is 5.43 Å². The summed E-state index contributed by atoms with van der Waals surface area (Å²) < 4.78 is 5.07. The average molecular weight is 327 g/mol. The molecule has 0 aliphatic rings. The van der Waals surface area contributed by atoms with Gasteiger partial charge in [-0.15, -0.1) is 0 Å². The SMILES string of the molecule is CCCCCC(=O)Nc1ccc(C(=O)NN=Cc2ccco2)cc1. The number of carbonyl (C=O) groups is 2. The standard InChI is InChI=1S/C18H21N3O3/c1-2-3-4-7-17(22)20-15-10-8-14(9-11-15)18(23)21-19-13-16-6-5-12-24-16/h5-6,8-13H,2-4,7H2,1H3,(H,20,22)(H,21,23). The van der Waals surface area contributed by atoms with E-state index in [4.69, 9.17) is 4.42 Å². The molecular formula is C18H21N3O3. The second kappa shape index (κ2) is 9.29. The van der Waals surface area contributed by atoms with Gasteiger partial charge in [0.1, 0.15) is 5.76 Å². The van der Waals surface area contributed by atoms with Gasteiger partial charge in [0.05, 0.1) is 12.5 Å². The molecule has 6 heteroatoms. The number of hydrogen-bond donors (Lipinski definition) is 2. The molecule has 0 atom stereocenters. The van der Waals surface area contributed by atoms with Crippen LogP contribution in [0.3, 0.4) is 0 Å². The number of nitrogens with zero attached hydrogens (tertiary/aromatic N) is 1. The Kier molecular flexibility index (Phi) is 6.76. The van der Waals surface area contributed by atoms with Crippen LogP contribution in [0.4, 0.5) is 5.69 Å². The van der Waals surface area contributed by atoms with Crippen molar-refractivity contribution in [2.75, 3.05) is 5.32 Å². The van der Waals surface area contributed by atoms with Crippen molar-refractivity contribution < 1.29 is 14.0 Å². The lowest BCUT2D eigenvalue weighted by Gasteiger charge is -2.06. The summed E-state index contributed by atoms with van der Waals surface area (Å²) in [7, 11) is 0. The Morgan fingerprint density at radius 1 is 1.17 bits per heavy atom. The fourth-order valence-electron chi connectivity index (χ4n) is 2.05. The Balaban J connectivity index is 1.82. The minimum Gasteiger partial charge on any atom is -0.463 e. The van der Waals surface area contributed by atoms with Gasteiger partial charge >= 0.3 is 0 Å². The lowest BCUT2D eigenvalue weighted by atomic mass is 10.1. The van der Waals surface area contributed by atoms with Crippen LogP contribution in [0.2, 0.25) is 0 Å². The molecule has 0 bridgehead atoms. The molecular weight excluding hydrogens is 306 g/mol. The van der Waals surface area contributed by atoms with Gasteiger partial charge in [-0.2, -0.15) is 5.10 Å². The zero-order valence-corrected chi connectivity index (χ0v) is 13.6. The van der Waals surface area contributed by atoms with Gasteiger partial charge in [0.2, 0.25) is 5.91 Å². The summed E-state index contributed by atoms with van der Waals surface area (Å²) in [5, 5.41) is 6.63. The van der Waals surface area contributed by atoms with Crippen LogP contribution in [0.25, 0.3) is 0 Å². The van der Waals surface area contributed by atoms with Gasteiger partial charge in [0, 0.05) is 17.7 Å². The van der Waals surface area contributed by atoms with Gasteiger partial charge in [0.15, 0.2) is 0 Å². The van der Waals surface area contributed by atoms with Crippen molar-refractivity contribution >= 4 is 23.7 Å². The summed E-state index contributed by atoms with van der Waals surface area (Å²) in [6, 6.07) is 10.1. The molecule has 0 unspecified atom stereocenters. The van der Waals surface area contributed by atoms with Crippen molar-refractivity contribution in [2.45, 2.75) is 32.6 Å². The molecule has 126 valence electrons. The molecule has 2 aromatic rings. The number of benzene rings is 1. The van der Waals surface area contributed by atoms with Gasteiger partial charge in [0.25, 0.3) is 5.91 Å². The maximum Gasteiger partial charge on any atom is 0.271 e. The molecule has 1 aromatic heterocycles. The van der Waals surface area contributed by atoms with E-state index in [2.05, 4.69) is 22.8 Å². The maximum absolute atomic E-state index is 11.9. The molecule has 0 fully saturated rings. The summed E-state index contributed by atoms with van der Waals surface area (Å²) in [4.78, 5) is 23.7. The number of rotatable bonds is 8. The molecule has 0 saturated carbocycles. The van der Waals surface area contributed by atoms with E-state index in [0.29, 0.717) is 23.4 Å². The van der Waals surface area contributed by atoms with Crippen LogP contribution in [-0.2, 0) is 4.79 Å². The topological polar surface area (TPSA) is 83.7 Å². The van der Waals surface area contributed by atoms with Gasteiger partial charge in [-0.1, -0.05) is 19.8 Å². The monoisotopic (exact) mass is 327 g/mol. The number of unbranched alkanes of at least 4 members (excludes halogenated alkanes) is 2. The van der Waals surface area contributed by atoms with E-state index < -0.39 is 0 Å². The average Bonchev–Trinajstić information content (AvgIpc) is 3.09. The first-order chi connectivity index (χ1) is 11.7. The van der Waals surface area contributed by atoms with Crippen molar-refractivity contribution in [3.63, 3.8) is 0 Å². The fourth-order valence-corrected chi connectivity index (χ4v) is 2.05. The number of anilines is 1. The predicted molar refractivity (Wildman–Crippen MR) is 93.0 cm³/mol. The minimum atomic E-state index is -0.335. The van der Waals surface area contributed by atoms with Crippen molar-refractivity contribution in [2.24, 2.45) is 5.10 Å². The molecule has 1 aromatic carbocycles. The first-order valence-electron chi connectivity index (χ1n) is 7.96. The van der Waals surface area contributed by atoms with Crippen LogP contribution < -0.4 is 10.7 Å². The zero-order chi connectivity index (χ0) is 17.2. The lowest BCUT2D eigenvalue weighted by Crippen LogP contribution is -2.17. The normalized spacial score (nSPS) is 10.7. The third kappa shape index (κ3) is 5.72. The van der Waals surface area contributed by atoms with E-state index in [1.54, 1.807) is 36.4 Å². The van der Waals surface area contributed by atoms with Crippen molar-refractivity contribution in [1.82, 2.24) is 5.43 Å². The Morgan fingerprint density at radius 3 is 2.62 bits per heavy atom. The summed E-state index contributed by atoms with van der Waals surface area (Å²) in [6.07, 6.45) is 6.47. The number of carbonyl (C=O) groups excluding carboxylic acids is 2. The first kappa shape index (κ1) is 17.5. The molecule has 2 amide bonds. The summed E-state index contributed by atoms with van der Waals surface area (Å²) in [5.41, 5.74) is 3.54. The number of amides is 2. The smallest absolute Gasteiger partial charge is 0.271 e. The van der Waals surface area contributed by atoms with Crippen molar-refractivity contribution in [3.05, 3.63) is 54.0 Å². The zero-order valence-electron chi connectivity index (χ0n) is 13.6. The molecule has 2 rings (SSSR count). The van der Waals surface area contributed by atoms with Crippen LogP contribution in [-0.4, -0.2) is 18.0 Å². The van der Waals surface area contributed by atoms with E-state index in [9.17, 15) is 9.59 Å². The van der Waals surface area contributed by atoms with Crippen LogP contribution in [0, 0.1) is 0 Å². The fraction of sp³-hybridized carbons (Fsp3) is 0.278. The van der Waals surface area contributed by atoms with E-state index in [1.165, 1.54) is 12.5 Å². The van der Waals surface area contributed by atoms with Crippen LogP contribution in [0.1, 0.15) is 48.7 Å². The molecule has 0 aliphatic carbocycles. The van der Waals surface area contributed by atoms with E-state index in [0.717, 1.165) is 19.3 Å². The van der Waals surface area contributed by atoms with Crippen molar-refractivity contribution in [3.8, 4) is 0 Å². The van der Waals surface area contributed by atoms with Gasteiger partial charge in [-0.3, -0.25) is 9.59 Å². The molecule has 2 N–H and O–H groups in total. The molecule has 0 radical (unpaired) electrons. The molecule has 0 saturated heterocycles. The van der Waals surface area contributed by atoms with Crippen molar-refractivity contribution in [1.29, 1.82) is 0 Å². The Labute approximate surface area is 140 Å². The van der Waals surface area contributed by atoms with E-state index in [1.807, 2.05) is 0 Å². The third-order valence-corrected chi connectivity index (χ3v) is 3.34. The highest BCUT2D eigenvalue weighted by atomic mass is 16.3. The Bertz CT molecular complexity index is 676. The van der Waals surface area contributed by atoms with Crippen LogP contribution >= 0.6 is 0 Å². The van der Waals surface area contributed by atoms with E-state index >= 15 is 0 Å². The summed E-state index contributed by atoms with van der Waals surface area (Å²) in [5.74, 6) is 0.207. The quantitative estimate of drug-likeness (QED) is 0.442. The van der Waals surface area contributed by atoms with Crippen LogP contribution in [0.15, 0.2) is 52.2 Å². The van der Waals surface area contributed by atoms with Crippen LogP contribution in [0.5, 0.6) is 0 Å². The highest BCUT2D eigenvalue weighted by Gasteiger charge is 2.06. The second-order valence-corrected chi connectivity index (χ2v) is 5.30. The molecule has 6 nitrogen and oxygen atoms in total. The number of furan rings is 1. The Hall–Kier alpha value is -2.89. The highest BCUT2D eigenvalue weighted by Crippen LogP contribution is 2.11. The number of hydrazone groups is 1. The second-order valence-electron chi connectivity index (χ2n) is 5.30. The third-order valence-electron chi connectivity index (χ3n) is 3.34. The maximum atomic E-state index is 11.9. The summed E-state index contributed by atoms with van der Waals surface area (Å²) >= 11 is 0. The summed E-state index contributed by atoms with van der Waals surface area (Å²) in [6.45, 7) is 2.10. The predicted octanol–water partition coefficient (Wildman–Crippen LogP) is 3.56. The minimum absolute atomic E-state index is 0.0105. The molecule has 1 heterocycles. The number of nitrogens with one attached hydrogen (secondary N) is 2. The van der Waals surface area contributed by atoms with Gasteiger partial charge in [-0.05, 0) is 42.8 Å². The Morgan fingerprint density at radius 2 is 1.96 bits per heavy atom. The number of hydrogen-bond acceptors (Lipinski definition) is 4. The molecule has 0 aliphatic heterocycles. The van der Waals surface area contributed by atoms with Gasteiger partial charge < -0.3 is 9.73 Å². The largest absolute Gasteiger partial charge is 0.463 e. The molecule has 24 heavy (non-hydrogen) atoms. The first-order valence-corrected chi connectivity index (χ1v) is 7.96. The molecule has 0 spiro atoms. The lowest BCUT2D eigenvalue weighted by molar-refractivity contribution is -0.116.